The average Bonchev–Trinajstić information content (AvgIpc) is 3.16. The largest absolute Gasteiger partial charge is 0.467 e. The fraction of sp³-hybridized carbons (Fsp3) is 0.615. The molecular weight excluding hydrogens is 301 g/mol. The Kier molecular flexibility index (Phi) is 6.33. The molecule has 0 atom stereocenters. The maximum absolute atomic E-state index is 12.2. The molecule has 5 nitrogen and oxygen atoms in total. The Bertz CT molecular complexity index is 441. The van der Waals surface area contributed by atoms with E-state index < -0.39 is 0 Å². The third-order valence-corrected chi connectivity index (χ3v) is 3.77. The number of carbonyl (C=O) groups excluding carboxylic acids is 1. The van der Waals surface area contributed by atoms with Crippen LogP contribution in [0.25, 0.3) is 0 Å². The second kappa shape index (κ2) is 7.31. The Labute approximate surface area is 131 Å². The zero-order valence-electron chi connectivity index (χ0n) is 11.3. The van der Waals surface area contributed by atoms with E-state index in [1.807, 2.05) is 4.90 Å². The SMILES string of the molecule is Cl.Cl.NCc1cc(C(=O)N2CCN(C3CC3)CC2)co1. The van der Waals surface area contributed by atoms with Crippen molar-refractivity contribution in [2.24, 2.45) is 5.73 Å². The predicted octanol–water partition coefficient (Wildman–Crippen LogP) is 1.50. The number of amides is 1. The second-order valence-corrected chi connectivity index (χ2v) is 5.07. The molecule has 1 aliphatic heterocycles. The molecule has 0 spiro atoms. The van der Waals surface area contributed by atoms with Crippen molar-refractivity contribution in [3.63, 3.8) is 0 Å². The van der Waals surface area contributed by atoms with Crippen LogP contribution in [0.3, 0.4) is 0 Å². The van der Waals surface area contributed by atoms with Gasteiger partial charge in [-0.2, -0.15) is 0 Å². The first kappa shape index (κ1) is 17.3. The molecule has 2 aliphatic rings. The first-order valence-corrected chi connectivity index (χ1v) is 6.58. The summed E-state index contributed by atoms with van der Waals surface area (Å²) in [5.74, 6) is 0.726. The van der Waals surface area contributed by atoms with Gasteiger partial charge in [0.25, 0.3) is 5.91 Å². The Balaban J connectivity index is 0.000001000. The van der Waals surface area contributed by atoms with Gasteiger partial charge in [0.2, 0.25) is 0 Å². The van der Waals surface area contributed by atoms with Crippen molar-refractivity contribution in [1.29, 1.82) is 0 Å². The molecule has 0 aromatic carbocycles. The second-order valence-electron chi connectivity index (χ2n) is 5.07. The molecule has 3 rings (SSSR count). The zero-order valence-corrected chi connectivity index (χ0v) is 12.9. The molecule has 2 fully saturated rings. The molecule has 1 saturated carbocycles. The van der Waals surface area contributed by atoms with Gasteiger partial charge in [0.05, 0.1) is 12.1 Å². The molecule has 0 radical (unpaired) electrons. The summed E-state index contributed by atoms with van der Waals surface area (Å²) >= 11 is 0. The lowest BCUT2D eigenvalue weighted by Gasteiger charge is -2.34. The summed E-state index contributed by atoms with van der Waals surface area (Å²) in [6, 6.07) is 2.54. The summed E-state index contributed by atoms with van der Waals surface area (Å²) in [7, 11) is 0. The van der Waals surface area contributed by atoms with Crippen LogP contribution >= 0.6 is 24.8 Å². The van der Waals surface area contributed by atoms with E-state index in [0.29, 0.717) is 17.9 Å². The summed E-state index contributed by atoms with van der Waals surface area (Å²) in [6.07, 6.45) is 4.17. The predicted molar refractivity (Wildman–Crippen MR) is 81.6 cm³/mol. The third kappa shape index (κ3) is 3.67. The topological polar surface area (TPSA) is 62.7 Å². The Hall–Kier alpha value is -0.750. The van der Waals surface area contributed by atoms with E-state index in [2.05, 4.69) is 4.90 Å². The minimum atomic E-state index is 0. The van der Waals surface area contributed by atoms with Crippen LogP contribution in [0.15, 0.2) is 16.7 Å². The van der Waals surface area contributed by atoms with Gasteiger partial charge in [0.15, 0.2) is 0 Å². The summed E-state index contributed by atoms with van der Waals surface area (Å²) in [4.78, 5) is 16.6. The van der Waals surface area contributed by atoms with Crippen LogP contribution in [-0.2, 0) is 6.54 Å². The van der Waals surface area contributed by atoms with Crippen molar-refractivity contribution in [3.05, 3.63) is 23.7 Å². The molecule has 0 bridgehead atoms. The zero-order chi connectivity index (χ0) is 12.5. The third-order valence-electron chi connectivity index (χ3n) is 3.77. The summed E-state index contributed by atoms with van der Waals surface area (Å²) < 4.78 is 5.21. The highest BCUT2D eigenvalue weighted by atomic mass is 35.5. The van der Waals surface area contributed by atoms with Crippen LogP contribution < -0.4 is 5.73 Å². The van der Waals surface area contributed by atoms with E-state index in [1.54, 1.807) is 6.07 Å². The lowest BCUT2D eigenvalue weighted by molar-refractivity contribution is 0.0626. The van der Waals surface area contributed by atoms with Crippen molar-refractivity contribution in [3.8, 4) is 0 Å². The van der Waals surface area contributed by atoms with Crippen LogP contribution in [0.5, 0.6) is 0 Å². The molecule has 20 heavy (non-hydrogen) atoms. The Morgan fingerprint density at radius 1 is 1.25 bits per heavy atom. The smallest absolute Gasteiger partial charge is 0.257 e. The van der Waals surface area contributed by atoms with Crippen molar-refractivity contribution >= 4 is 30.7 Å². The first-order valence-electron chi connectivity index (χ1n) is 6.58. The van der Waals surface area contributed by atoms with Gasteiger partial charge in [-0.3, -0.25) is 9.69 Å². The molecule has 2 heterocycles. The highest BCUT2D eigenvalue weighted by molar-refractivity contribution is 5.94. The Morgan fingerprint density at radius 2 is 1.90 bits per heavy atom. The molecule has 1 amide bonds. The fourth-order valence-corrected chi connectivity index (χ4v) is 2.51. The quantitative estimate of drug-likeness (QED) is 0.916. The van der Waals surface area contributed by atoms with E-state index in [1.165, 1.54) is 19.1 Å². The number of halogens is 2. The summed E-state index contributed by atoms with van der Waals surface area (Å²) in [5.41, 5.74) is 6.10. The van der Waals surface area contributed by atoms with Crippen LogP contribution in [0.1, 0.15) is 29.0 Å². The lowest BCUT2D eigenvalue weighted by atomic mass is 10.2. The van der Waals surface area contributed by atoms with Gasteiger partial charge in [-0.25, -0.2) is 0 Å². The van der Waals surface area contributed by atoms with Crippen molar-refractivity contribution in [2.75, 3.05) is 26.2 Å². The summed E-state index contributed by atoms with van der Waals surface area (Å²) in [5, 5.41) is 0. The molecule has 114 valence electrons. The molecule has 0 unspecified atom stereocenters. The van der Waals surface area contributed by atoms with E-state index >= 15 is 0 Å². The number of hydrogen-bond donors (Lipinski definition) is 1. The molecule has 2 N–H and O–H groups in total. The number of hydrogen-bond acceptors (Lipinski definition) is 4. The van der Waals surface area contributed by atoms with E-state index in [4.69, 9.17) is 10.2 Å². The van der Waals surface area contributed by atoms with Gasteiger partial charge in [0.1, 0.15) is 12.0 Å². The monoisotopic (exact) mass is 321 g/mol. The average molecular weight is 322 g/mol. The number of nitrogens with two attached hydrogens (primary N) is 1. The van der Waals surface area contributed by atoms with Crippen molar-refractivity contribution in [2.45, 2.75) is 25.4 Å². The first-order chi connectivity index (χ1) is 8.78. The Morgan fingerprint density at radius 3 is 2.40 bits per heavy atom. The van der Waals surface area contributed by atoms with Gasteiger partial charge in [-0.1, -0.05) is 0 Å². The van der Waals surface area contributed by atoms with E-state index in [-0.39, 0.29) is 30.7 Å². The highest BCUT2D eigenvalue weighted by Crippen LogP contribution is 2.27. The molecule has 1 saturated heterocycles. The minimum Gasteiger partial charge on any atom is -0.467 e. The molecule has 7 heteroatoms. The number of nitrogens with zero attached hydrogens (tertiary/aromatic N) is 2. The van der Waals surface area contributed by atoms with E-state index in [9.17, 15) is 4.79 Å². The highest BCUT2D eigenvalue weighted by Gasteiger charge is 2.32. The number of rotatable bonds is 3. The molecule has 1 aliphatic carbocycles. The van der Waals surface area contributed by atoms with Gasteiger partial charge >= 0.3 is 0 Å². The van der Waals surface area contributed by atoms with Crippen LogP contribution in [-0.4, -0.2) is 47.9 Å². The van der Waals surface area contributed by atoms with Gasteiger partial charge < -0.3 is 15.1 Å². The number of carbonyl (C=O) groups is 1. The molecular formula is C13H21Cl2N3O2. The number of furan rings is 1. The normalized spacial score (nSPS) is 19.1. The molecule has 1 aromatic rings. The van der Waals surface area contributed by atoms with Crippen molar-refractivity contribution in [1.82, 2.24) is 9.80 Å². The lowest BCUT2D eigenvalue weighted by Crippen LogP contribution is -2.49. The van der Waals surface area contributed by atoms with Gasteiger partial charge in [-0.05, 0) is 18.9 Å². The minimum absolute atomic E-state index is 0. The van der Waals surface area contributed by atoms with Crippen LogP contribution in [0.2, 0.25) is 0 Å². The maximum atomic E-state index is 12.2. The molecule has 1 aromatic heterocycles. The standard InChI is InChI=1S/C13H19N3O2.2ClH/c14-8-12-7-10(9-18-12)13(17)16-5-3-15(4-6-16)11-1-2-11;;/h7,9,11H,1-6,8,14H2;2*1H. The van der Waals surface area contributed by atoms with Crippen molar-refractivity contribution < 1.29 is 9.21 Å². The van der Waals surface area contributed by atoms with Crippen LogP contribution in [0, 0.1) is 0 Å². The van der Waals surface area contributed by atoms with E-state index in [0.717, 1.165) is 32.2 Å². The summed E-state index contributed by atoms with van der Waals surface area (Å²) in [6.45, 7) is 3.97. The van der Waals surface area contributed by atoms with Gasteiger partial charge in [0, 0.05) is 32.2 Å². The van der Waals surface area contributed by atoms with Gasteiger partial charge in [-0.15, -0.1) is 24.8 Å². The van der Waals surface area contributed by atoms with Crippen LogP contribution in [0.4, 0.5) is 0 Å². The number of piperazine rings is 1. The maximum Gasteiger partial charge on any atom is 0.257 e. The fourth-order valence-electron chi connectivity index (χ4n) is 2.51.